The summed E-state index contributed by atoms with van der Waals surface area (Å²) in [6.07, 6.45) is 3.09. The van der Waals surface area contributed by atoms with Crippen molar-refractivity contribution in [1.29, 1.82) is 0 Å². The quantitative estimate of drug-likeness (QED) is 0.0338. The first-order valence-corrected chi connectivity index (χ1v) is 31.1. The number of benzene rings is 4. The maximum Gasteiger partial charge on any atom is 0.255 e. The van der Waals surface area contributed by atoms with Gasteiger partial charge < -0.3 is 59.1 Å². The maximum atomic E-state index is 14.3. The number of likely N-dealkylation sites (tertiary alicyclic amines) is 1. The molecule has 0 radical (unpaired) electrons. The first kappa shape index (κ1) is 63.1. The summed E-state index contributed by atoms with van der Waals surface area (Å²) in [6.45, 7) is 19.3. The molecule has 2 aromatic heterocycles. The summed E-state index contributed by atoms with van der Waals surface area (Å²) in [5.74, 6) is -0.0712. The van der Waals surface area contributed by atoms with Crippen LogP contribution in [0.25, 0.3) is 21.6 Å². The fourth-order valence-electron chi connectivity index (χ4n) is 11.9. The predicted molar refractivity (Wildman–Crippen MR) is 333 cm³/mol. The normalized spacial score (nSPS) is 16.4. The van der Waals surface area contributed by atoms with Crippen LogP contribution in [0.4, 0.5) is 5.69 Å². The number of carbonyl (C=O) groups excluding carboxylic acids is 4. The van der Waals surface area contributed by atoms with Crippen molar-refractivity contribution in [3.63, 3.8) is 0 Å². The van der Waals surface area contributed by atoms with Crippen LogP contribution in [0.2, 0.25) is 0 Å². The second-order valence-corrected chi connectivity index (χ2v) is 23.8. The Kier molecular flexibility index (Phi) is 21.9. The molecule has 0 bridgehead atoms. The minimum Gasteiger partial charge on any atom is -0.494 e. The van der Waals surface area contributed by atoms with E-state index in [9.17, 15) is 29.1 Å². The average molecular weight is 1190 g/mol. The fourth-order valence-corrected chi connectivity index (χ4v) is 12.7. The number of ether oxygens (including phenoxy) is 5. The number of aromatic amines is 1. The number of pyridine rings is 1. The molecule has 0 spiro atoms. The number of rotatable bonds is 28. The van der Waals surface area contributed by atoms with Crippen LogP contribution in [0, 0.1) is 33.6 Å². The van der Waals surface area contributed by atoms with Crippen LogP contribution in [-0.4, -0.2) is 139 Å². The number of thiazole rings is 1. The van der Waals surface area contributed by atoms with Gasteiger partial charge in [-0.3, -0.25) is 24.0 Å². The van der Waals surface area contributed by atoms with Crippen LogP contribution in [0.1, 0.15) is 119 Å². The number of β-amino-alcohol motifs (C(OH)–C–C–N with tert-alkyl or cyclic N) is 1. The lowest BCUT2D eigenvalue weighted by Gasteiger charge is -2.37. The fraction of sp³-hybridized carbons (Fsp3) is 0.463. The number of aliphatic hydroxyl groups is 1. The van der Waals surface area contributed by atoms with Gasteiger partial charge in [-0.05, 0) is 136 Å². The third-order valence-electron chi connectivity index (χ3n) is 16.4. The molecule has 86 heavy (non-hydrogen) atoms. The molecule has 2 saturated heterocycles. The Morgan fingerprint density at radius 3 is 2.20 bits per heavy atom. The molecule has 3 aliphatic rings. The number of aromatic nitrogens is 2. The summed E-state index contributed by atoms with van der Waals surface area (Å²) in [5.41, 5.74) is 12.1. The third kappa shape index (κ3) is 15.4. The Morgan fingerprint density at radius 2 is 1.52 bits per heavy atom. The van der Waals surface area contributed by atoms with Crippen molar-refractivity contribution in [2.24, 2.45) is 5.92 Å². The van der Waals surface area contributed by atoms with E-state index in [1.54, 1.807) is 22.3 Å². The molecule has 3 atom stereocenters. The molecule has 19 heteroatoms. The molecular weight excluding hydrogens is 1110 g/mol. The molecule has 2 fully saturated rings. The molecule has 4 aromatic carbocycles. The second kappa shape index (κ2) is 29.8. The van der Waals surface area contributed by atoms with Gasteiger partial charge in [0.2, 0.25) is 11.8 Å². The van der Waals surface area contributed by atoms with E-state index in [1.165, 1.54) is 4.90 Å². The monoisotopic (exact) mass is 1190 g/mol. The van der Waals surface area contributed by atoms with Gasteiger partial charge in [-0.25, -0.2) is 4.98 Å². The second-order valence-electron chi connectivity index (χ2n) is 22.9. The van der Waals surface area contributed by atoms with Crippen molar-refractivity contribution in [2.45, 2.75) is 131 Å². The smallest absolute Gasteiger partial charge is 0.255 e. The number of hydrogen-bond donors (Lipinski definition) is 4. The number of fused-ring (bicyclic) bond motifs is 1. The van der Waals surface area contributed by atoms with E-state index in [4.69, 9.17) is 23.7 Å². The van der Waals surface area contributed by atoms with Gasteiger partial charge in [0, 0.05) is 131 Å². The van der Waals surface area contributed by atoms with Gasteiger partial charge in [-0.2, -0.15) is 0 Å². The molecule has 1 unspecified atom stereocenters. The molecule has 4 amide bonds. The lowest BCUT2D eigenvalue weighted by molar-refractivity contribution is -0.143. The number of H-pyrrole nitrogens is 1. The number of nitrogens with zero attached hydrogens (tertiary/aromatic N) is 4. The SMILES string of the molecule is CCN(c1cc(-c2ccc(OCCCOCCCOCCCOc3cc(-c4scnc4C)ccc3CNC(=O)C3C[C@@H](O)CN3C(=O)[C@H](C(C)C)N3Cc4ccccc4C3=O)cc2)cc(C(=O)NCc2c(C)cc(C)[nH]c2=O)c1C)C1CCOCC1. The number of carbonyl (C=O) groups is 4. The van der Waals surface area contributed by atoms with Crippen molar-refractivity contribution >= 4 is 40.7 Å². The molecule has 458 valence electrons. The van der Waals surface area contributed by atoms with Gasteiger partial charge in [0.05, 0.1) is 35.4 Å². The van der Waals surface area contributed by atoms with Gasteiger partial charge in [-0.1, -0.05) is 56.3 Å². The van der Waals surface area contributed by atoms with E-state index in [1.807, 2.05) is 120 Å². The van der Waals surface area contributed by atoms with Gasteiger partial charge >= 0.3 is 0 Å². The Labute approximate surface area is 508 Å². The predicted octanol–water partition coefficient (Wildman–Crippen LogP) is 9.25. The van der Waals surface area contributed by atoms with Crippen LogP contribution in [-0.2, 0) is 43.4 Å². The standard InChI is InChI=1S/C67H83N7O11S/c1-8-72(52-22-30-83-31-23-52)58-34-51(33-56(45(58)6)63(76)69-38-57-43(4)32-44(5)71-64(57)77)47-18-20-54(21-19-47)84-28-12-26-81-24-11-25-82-27-13-29-85-60-35-48(62-46(7)70-41-86-62)16-17-49(60)37-68-65(78)59-36-53(75)40-73(59)67(80)61(42(2)3)74-39-50-14-9-10-15-55(50)66(74)79/h9-10,14-21,32-35,41-42,52-53,59,61,75H,8,11-13,22-31,36-40H2,1-7H3,(H,68,78)(H,69,76)(H,71,77)/t53-,59?,61+/m1/s1. The number of aliphatic hydroxyl groups excluding tert-OH is 1. The Bertz CT molecular complexity index is 3380. The van der Waals surface area contributed by atoms with Crippen molar-refractivity contribution in [1.82, 2.24) is 30.4 Å². The topological polar surface area (TPSA) is 214 Å². The molecule has 4 N–H and O–H groups in total. The third-order valence-corrected chi connectivity index (χ3v) is 17.4. The summed E-state index contributed by atoms with van der Waals surface area (Å²) in [7, 11) is 0. The minimum absolute atomic E-state index is 0.00000362. The summed E-state index contributed by atoms with van der Waals surface area (Å²) in [6, 6.07) is 25.8. The van der Waals surface area contributed by atoms with Gasteiger partial charge in [0.25, 0.3) is 17.4 Å². The number of hydrogen-bond acceptors (Lipinski definition) is 14. The van der Waals surface area contributed by atoms with Crippen molar-refractivity contribution in [2.75, 3.05) is 70.8 Å². The number of aryl methyl sites for hydroxylation is 3. The van der Waals surface area contributed by atoms with E-state index in [0.29, 0.717) is 94.7 Å². The highest BCUT2D eigenvalue weighted by atomic mass is 32.1. The molecule has 9 rings (SSSR count). The van der Waals surface area contributed by atoms with E-state index in [-0.39, 0.29) is 67.2 Å². The molecular formula is C67H83N7O11S. The maximum absolute atomic E-state index is 14.3. The van der Waals surface area contributed by atoms with E-state index < -0.39 is 18.2 Å². The molecule has 0 aliphatic carbocycles. The zero-order valence-electron chi connectivity index (χ0n) is 50.7. The van der Waals surface area contributed by atoms with E-state index >= 15 is 0 Å². The minimum atomic E-state index is -0.910. The van der Waals surface area contributed by atoms with E-state index in [0.717, 1.165) is 92.5 Å². The van der Waals surface area contributed by atoms with E-state index in [2.05, 4.69) is 38.5 Å². The van der Waals surface area contributed by atoms with Crippen molar-refractivity contribution < 1.29 is 48.0 Å². The summed E-state index contributed by atoms with van der Waals surface area (Å²) in [4.78, 5) is 82.3. The highest BCUT2D eigenvalue weighted by Crippen LogP contribution is 2.36. The number of anilines is 1. The van der Waals surface area contributed by atoms with Crippen molar-refractivity contribution in [3.8, 4) is 33.1 Å². The lowest BCUT2D eigenvalue weighted by atomic mass is 9.95. The first-order valence-electron chi connectivity index (χ1n) is 30.3. The molecule has 3 aliphatic heterocycles. The molecule has 18 nitrogen and oxygen atoms in total. The van der Waals surface area contributed by atoms with Crippen LogP contribution < -0.4 is 30.6 Å². The highest BCUT2D eigenvalue weighted by Gasteiger charge is 2.46. The van der Waals surface area contributed by atoms with Gasteiger partial charge in [0.15, 0.2) is 0 Å². The average Bonchev–Trinajstić information content (AvgIpc) is 1.71. The zero-order valence-corrected chi connectivity index (χ0v) is 51.5. The molecule has 0 saturated carbocycles. The van der Waals surface area contributed by atoms with Crippen LogP contribution in [0.15, 0.2) is 95.2 Å². The Hall–Kier alpha value is -7.42. The van der Waals surface area contributed by atoms with Gasteiger partial charge in [0.1, 0.15) is 23.6 Å². The summed E-state index contributed by atoms with van der Waals surface area (Å²) < 4.78 is 30.0. The van der Waals surface area contributed by atoms with Crippen molar-refractivity contribution in [3.05, 3.63) is 151 Å². The van der Waals surface area contributed by atoms with Gasteiger partial charge in [-0.15, -0.1) is 11.3 Å². The molecule has 6 aromatic rings. The summed E-state index contributed by atoms with van der Waals surface area (Å²) in [5, 5.41) is 16.9. The first-order chi connectivity index (χ1) is 41.6. The largest absolute Gasteiger partial charge is 0.494 e. The zero-order chi connectivity index (χ0) is 60.9. The van der Waals surface area contributed by atoms with Crippen LogP contribution in [0.3, 0.4) is 0 Å². The molecule has 5 heterocycles. The lowest BCUT2D eigenvalue weighted by Crippen LogP contribution is -2.55. The summed E-state index contributed by atoms with van der Waals surface area (Å²) >= 11 is 1.54. The van der Waals surface area contributed by atoms with Crippen LogP contribution in [0.5, 0.6) is 11.5 Å². The Balaban J connectivity index is 0.708. The highest BCUT2D eigenvalue weighted by molar-refractivity contribution is 7.13. The number of amides is 4. The Morgan fingerprint density at radius 1 is 0.826 bits per heavy atom. The number of nitrogens with one attached hydrogen (secondary N) is 3. The van der Waals surface area contributed by atoms with Crippen LogP contribution >= 0.6 is 11.3 Å².